The Kier molecular flexibility index (Phi) is 12.1. The van der Waals surface area contributed by atoms with Gasteiger partial charge < -0.3 is 16.4 Å². The molecule has 0 bridgehead atoms. The van der Waals surface area contributed by atoms with Gasteiger partial charge in [0.2, 0.25) is 0 Å². The van der Waals surface area contributed by atoms with E-state index in [1.54, 1.807) is 0 Å². The fraction of sp³-hybridized carbons (Fsp3) is 0.200. The molecular formula is C5H11NO4. The third kappa shape index (κ3) is 15.9. The first-order valence-electron chi connectivity index (χ1n) is 1.77. The van der Waals surface area contributed by atoms with Gasteiger partial charge in [0.15, 0.2) is 0 Å². The van der Waals surface area contributed by atoms with Crippen molar-refractivity contribution in [2.24, 2.45) is 0 Å². The number of carboxylic acids is 2. The quantitative estimate of drug-likeness (QED) is 0.495. The van der Waals surface area contributed by atoms with Gasteiger partial charge in [-0.15, -0.1) is 0 Å². The van der Waals surface area contributed by atoms with Crippen LogP contribution >= 0.6 is 0 Å². The molecule has 0 saturated carbocycles. The van der Waals surface area contributed by atoms with Gasteiger partial charge in [0.25, 0.3) is 0 Å². The van der Waals surface area contributed by atoms with E-state index in [4.69, 9.17) is 10.2 Å². The molecule has 0 rings (SSSR count). The molecule has 5 heteroatoms. The molecule has 5 N–H and O–H groups in total. The van der Waals surface area contributed by atoms with Gasteiger partial charge in [-0.25, -0.2) is 9.59 Å². The van der Waals surface area contributed by atoms with Crippen molar-refractivity contribution < 1.29 is 19.8 Å². The van der Waals surface area contributed by atoms with Gasteiger partial charge in [0.1, 0.15) is 0 Å². The highest BCUT2D eigenvalue weighted by Gasteiger charge is 1.88. The Morgan fingerprint density at radius 3 is 1.30 bits per heavy atom. The molecule has 0 amide bonds. The van der Waals surface area contributed by atoms with Gasteiger partial charge in [-0.1, -0.05) is 7.43 Å². The van der Waals surface area contributed by atoms with Crippen molar-refractivity contribution in [2.45, 2.75) is 7.43 Å². The highest BCUT2D eigenvalue weighted by molar-refractivity contribution is 5.89. The minimum absolute atomic E-state index is 0. The van der Waals surface area contributed by atoms with Crippen LogP contribution in [0.2, 0.25) is 0 Å². The second-order valence-electron chi connectivity index (χ2n) is 1.01. The highest BCUT2D eigenvalue weighted by Crippen LogP contribution is 1.70. The van der Waals surface area contributed by atoms with Gasteiger partial charge in [-0.05, 0) is 0 Å². The zero-order chi connectivity index (χ0) is 6.57. The average molecular weight is 149 g/mol. The smallest absolute Gasteiger partial charge is 0.328 e. The Labute approximate surface area is 58.6 Å². The van der Waals surface area contributed by atoms with E-state index in [-0.39, 0.29) is 13.6 Å². The maximum atomic E-state index is 9.55. The fourth-order valence-corrected chi connectivity index (χ4v) is 0.143. The van der Waals surface area contributed by atoms with E-state index in [0.717, 1.165) is 0 Å². The van der Waals surface area contributed by atoms with E-state index in [0.29, 0.717) is 12.2 Å². The number of carboxylic acid groups (broad SMARTS) is 2. The van der Waals surface area contributed by atoms with Crippen molar-refractivity contribution in [3.05, 3.63) is 12.2 Å². The van der Waals surface area contributed by atoms with Crippen LogP contribution < -0.4 is 6.15 Å². The lowest BCUT2D eigenvalue weighted by molar-refractivity contribution is -0.134. The summed E-state index contributed by atoms with van der Waals surface area (Å²) >= 11 is 0. The van der Waals surface area contributed by atoms with Gasteiger partial charge in [0, 0.05) is 12.2 Å². The molecular weight excluding hydrogens is 138 g/mol. The first-order chi connectivity index (χ1) is 3.63. The van der Waals surface area contributed by atoms with E-state index in [1.165, 1.54) is 0 Å². The van der Waals surface area contributed by atoms with Crippen LogP contribution in [0.3, 0.4) is 0 Å². The summed E-state index contributed by atoms with van der Waals surface area (Å²) in [6.07, 6.45) is 1.12. The van der Waals surface area contributed by atoms with E-state index in [2.05, 4.69) is 0 Å². The fourth-order valence-electron chi connectivity index (χ4n) is 0.143. The zero-order valence-corrected chi connectivity index (χ0v) is 4.57. The summed E-state index contributed by atoms with van der Waals surface area (Å²) in [4.78, 5) is 19.1. The molecule has 0 fully saturated rings. The van der Waals surface area contributed by atoms with Crippen molar-refractivity contribution in [3.8, 4) is 0 Å². The molecule has 0 radical (unpaired) electrons. The van der Waals surface area contributed by atoms with Crippen molar-refractivity contribution >= 4 is 11.9 Å². The van der Waals surface area contributed by atoms with Crippen molar-refractivity contribution in [3.63, 3.8) is 0 Å². The number of carbonyl (C=O) groups is 2. The van der Waals surface area contributed by atoms with Crippen LogP contribution in [-0.2, 0) is 9.59 Å². The molecule has 0 aromatic carbocycles. The third-order valence-corrected chi connectivity index (χ3v) is 0.368. The SMILES string of the molecule is C.N.O=C(O)/C=C\C(=O)O. The molecule has 0 aromatic rings. The van der Waals surface area contributed by atoms with Crippen LogP contribution in [0.1, 0.15) is 7.43 Å². The second kappa shape index (κ2) is 7.64. The van der Waals surface area contributed by atoms with Crippen LogP contribution in [0, 0.1) is 0 Å². The van der Waals surface area contributed by atoms with Gasteiger partial charge in [-0.3, -0.25) is 0 Å². The Morgan fingerprint density at radius 2 is 1.20 bits per heavy atom. The Balaban J connectivity index is -0.000000245. The maximum Gasteiger partial charge on any atom is 0.328 e. The summed E-state index contributed by atoms with van der Waals surface area (Å²) in [7, 11) is 0. The van der Waals surface area contributed by atoms with Crippen LogP contribution in [-0.4, -0.2) is 22.2 Å². The van der Waals surface area contributed by atoms with Crippen molar-refractivity contribution in [1.29, 1.82) is 0 Å². The average Bonchev–Trinajstić information content (AvgIpc) is 1.61. The third-order valence-electron chi connectivity index (χ3n) is 0.368. The lowest BCUT2D eigenvalue weighted by Crippen LogP contribution is -1.91. The molecule has 0 aliphatic rings. The normalized spacial score (nSPS) is 7.60. The predicted octanol–water partition coefficient (Wildman–Crippen LogP) is 0.510. The Hall–Kier alpha value is -1.36. The number of hydrogen-bond donors (Lipinski definition) is 3. The van der Waals surface area contributed by atoms with E-state index in [9.17, 15) is 9.59 Å². The van der Waals surface area contributed by atoms with Crippen LogP contribution in [0.25, 0.3) is 0 Å². The lowest BCUT2D eigenvalue weighted by Gasteiger charge is -1.74. The summed E-state index contributed by atoms with van der Waals surface area (Å²) < 4.78 is 0. The molecule has 0 aliphatic heterocycles. The standard InChI is InChI=1S/C4H4O4.CH4.H3N/c5-3(6)1-2-4(7)8;;/h1-2H,(H,5,6)(H,7,8);1H4;1H3/b2-1-;;. The predicted molar refractivity (Wildman–Crippen MR) is 36.2 cm³/mol. The summed E-state index contributed by atoms with van der Waals surface area (Å²) in [5.74, 6) is -2.51. The van der Waals surface area contributed by atoms with Crippen molar-refractivity contribution in [1.82, 2.24) is 6.15 Å². The summed E-state index contributed by atoms with van der Waals surface area (Å²) in [5.41, 5.74) is 0. The second-order valence-corrected chi connectivity index (χ2v) is 1.01. The van der Waals surface area contributed by atoms with Crippen LogP contribution in [0.5, 0.6) is 0 Å². The summed E-state index contributed by atoms with van der Waals surface area (Å²) in [6.45, 7) is 0. The molecule has 0 unspecified atom stereocenters. The first-order valence-corrected chi connectivity index (χ1v) is 1.77. The molecule has 0 spiro atoms. The topological polar surface area (TPSA) is 110 Å². The van der Waals surface area contributed by atoms with Gasteiger partial charge in [0.05, 0.1) is 0 Å². The van der Waals surface area contributed by atoms with Gasteiger partial charge >= 0.3 is 11.9 Å². The van der Waals surface area contributed by atoms with Crippen LogP contribution in [0.4, 0.5) is 0 Å². The van der Waals surface area contributed by atoms with E-state index < -0.39 is 11.9 Å². The number of hydrogen-bond acceptors (Lipinski definition) is 3. The molecule has 0 aliphatic carbocycles. The Morgan fingerprint density at radius 1 is 1.00 bits per heavy atom. The minimum Gasteiger partial charge on any atom is -0.478 e. The monoisotopic (exact) mass is 149 g/mol. The van der Waals surface area contributed by atoms with Gasteiger partial charge in [-0.2, -0.15) is 0 Å². The lowest BCUT2D eigenvalue weighted by atomic mass is 10.5. The molecule has 0 atom stereocenters. The minimum atomic E-state index is -1.26. The molecule has 0 aromatic heterocycles. The van der Waals surface area contributed by atoms with E-state index >= 15 is 0 Å². The number of rotatable bonds is 2. The molecule has 0 saturated heterocycles. The zero-order valence-electron chi connectivity index (χ0n) is 4.57. The maximum absolute atomic E-state index is 9.55. The highest BCUT2D eigenvalue weighted by atomic mass is 16.4. The largest absolute Gasteiger partial charge is 0.478 e. The van der Waals surface area contributed by atoms with E-state index in [1.807, 2.05) is 0 Å². The molecule has 10 heavy (non-hydrogen) atoms. The first kappa shape index (κ1) is 15.9. The van der Waals surface area contributed by atoms with Crippen LogP contribution in [0.15, 0.2) is 12.2 Å². The molecule has 0 heterocycles. The van der Waals surface area contributed by atoms with Crippen molar-refractivity contribution in [2.75, 3.05) is 0 Å². The molecule has 5 nitrogen and oxygen atoms in total. The summed E-state index contributed by atoms with van der Waals surface area (Å²) in [6, 6.07) is 0. The molecule has 60 valence electrons. The Bertz CT molecular complexity index is 125. The summed E-state index contributed by atoms with van der Waals surface area (Å²) in [5, 5.41) is 15.6. The number of aliphatic carboxylic acids is 2.